The Morgan fingerprint density at radius 3 is 1.97 bits per heavy atom. The second kappa shape index (κ2) is 9.80. The molecule has 1 fully saturated rings. The SMILES string of the molecule is CC(=O)O[C@@H]1[C@@H](Oc2ccc([N+](=O)[O-])c([N+](=O)[O-])c2)OC[C@@H](OC(C)=O)[C@@H]1OC(C)=O. The van der Waals surface area contributed by atoms with Crippen LogP contribution in [0.2, 0.25) is 0 Å². The van der Waals surface area contributed by atoms with Gasteiger partial charge in [0.15, 0.2) is 12.2 Å². The Morgan fingerprint density at radius 1 is 0.903 bits per heavy atom. The topological polar surface area (TPSA) is 184 Å². The molecule has 0 unspecified atom stereocenters. The molecule has 1 aliphatic rings. The first-order valence-corrected chi connectivity index (χ1v) is 8.72. The van der Waals surface area contributed by atoms with Crippen LogP contribution in [0.15, 0.2) is 18.2 Å². The van der Waals surface area contributed by atoms with Gasteiger partial charge < -0.3 is 23.7 Å². The summed E-state index contributed by atoms with van der Waals surface area (Å²) in [5, 5.41) is 22.1. The van der Waals surface area contributed by atoms with Gasteiger partial charge in [0.25, 0.3) is 0 Å². The van der Waals surface area contributed by atoms with Crippen molar-refractivity contribution in [3.63, 3.8) is 0 Å². The van der Waals surface area contributed by atoms with Gasteiger partial charge in [-0.05, 0) is 6.07 Å². The van der Waals surface area contributed by atoms with E-state index in [1.54, 1.807) is 0 Å². The van der Waals surface area contributed by atoms with Crippen molar-refractivity contribution >= 4 is 29.3 Å². The van der Waals surface area contributed by atoms with Crippen LogP contribution < -0.4 is 4.74 Å². The number of hydrogen-bond donors (Lipinski definition) is 0. The first-order chi connectivity index (χ1) is 14.5. The second-order valence-corrected chi connectivity index (χ2v) is 6.28. The fraction of sp³-hybridized carbons (Fsp3) is 0.471. The quantitative estimate of drug-likeness (QED) is 0.253. The van der Waals surface area contributed by atoms with E-state index in [-0.39, 0.29) is 12.4 Å². The molecule has 2 rings (SSSR count). The van der Waals surface area contributed by atoms with Crippen LogP contribution in [0.5, 0.6) is 5.75 Å². The van der Waals surface area contributed by atoms with E-state index in [9.17, 15) is 34.6 Å². The second-order valence-electron chi connectivity index (χ2n) is 6.28. The smallest absolute Gasteiger partial charge is 0.349 e. The molecule has 0 bridgehead atoms. The largest absolute Gasteiger partial charge is 0.460 e. The van der Waals surface area contributed by atoms with Crippen LogP contribution in [0.4, 0.5) is 11.4 Å². The number of carbonyl (C=O) groups excluding carboxylic acids is 3. The number of esters is 3. The Balaban J connectivity index is 2.37. The van der Waals surface area contributed by atoms with Crippen LogP contribution in [-0.4, -0.2) is 59.0 Å². The molecule has 1 aliphatic heterocycles. The maximum atomic E-state index is 11.6. The number of nitrogens with zero attached hydrogens (tertiary/aromatic N) is 2. The molecule has 0 amide bonds. The maximum absolute atomic E-state index is 11.6. The fourth-order valence-electron chi connectivity index (χ4n) is 2.82. The molecule has 0 N–H and O–H groups in total. The minimum Gasteiger partial charge on any atom is -0.460 e. The van der Waals surface area contributed by atoms with Gasteiger partial charge in [0.2, 0.25) is 12.4 Å². The summed E-state index contributed by atoms with van der Waals surface area (Å²) >= 11 is 0. The lowest BCUT2D eigenvalue weighted by atomic mass is 10.0. The van der Waals surface area contributed by atoms with Crippen molar-refractivity contribution in [1.29, 1.82) is 0 Å². The normalized spacial score (nSPS) is 22.7. The van der Waals surface area contributed by atoms with E-state index in [1.165, 1.54) is 0 Å². The first kappa shape index (κ1) is 23.5. The highest BCUT2D eigenvalue weighted by molar-refractivity contribution is 5.68. The van der Waals surface area contributed by atoms with Gasteiger partial charge in [-0.2, -0.15) is 0 Å². The predicted molar refractivity (Wildman–Crippen MR) is 96.8 cm³/mol. The minimum atomic E-state index is -1.44. The van der Waals surface area contributed by atoms with Crippen molar-refractivity contribution in [2.45, 2.75) is 45.4 Å². The van der Waals surface area contributed by atoms with Crippen molar-refractivity contribution in [2.75, 3.05) is 6.61 Å². The van der Waals surface area contributed by atoms with Crippen LogP contribution in [0.1, 0.15) is 20.8 Å². The highest BCUT2D eigenvalue weighted by Crippen LogP contribution is 2.33. The van der Waals surface area contributed by atoms with Gasteiger partial charge in [-0.25, -0.2) is 0 Å². The predicted octanol–water partition coefficient (Wildman–Crippen LogP) is 1.03. The number of nitro groups is 2. The summed E-state index contributed by atoms with van der Waals surface area (Å²) in [6.07, 6.45) is -5.30. The van der Waals surface area contributed by atoms with Crippen molar-refractivity contribution in [2.24, 2.45) is 0 Å². The molecule has 31 heavy (non-hydrogen) atoms. The third-order valence-electron chi connectivity index (χ3n) is 3.90. The number of nitro benzene ring substituents is 2. The van der Waals surface area contributed by atoms with E-state index >= 15 is 0 Å². The Bertz CT molecular complexity index is 901. The van der Waals surface area contributed by atoms with Crippen LogP contribution >= 0.6 is 0 Å². The molecule has 1 heterocycles. The molecular formula is C17H18N2O12. The highest BCUT2D eigenvalue weighted by Gasteiger charge is 2.48. The lowest BCUT2D eigenvalue weighted by Crippen LogP contribution is -2.59. The molecule has 1 aromatic carbocycles. The average molecular weight is 442 g/mol. The molecule has 1 aromatic rings. The van der Waals surface area contributed by atoms with Gasteiger partial charge in [-0.3, -0.25) is 34.6 Å². The number of ether oxygens (including phenoxy) is 5. The van der Waals surface area contributed by atoms with Crippen LogP contribution in [0.25, 0.3) is 0 Å². The summed E-state index contributed by atoms with van der Waals surface area (Å²) in [6.45, 7) is 2.94. The van der Waals surface area contributed by atoms with E-state index < -0.39 is 63.7 Å². The van der Waals surface area contributed by atoms with E-state index in [0.717, 1.165) is 39.0 Å². The fourth-order valence-corrected chi connectivity index (χ4v) is 2.82. The third kappa shape index (κ3) is 6.08. The summed E-state index contributed by atoms with van der Waals surface area (Å²) in [6, 6.07) is 2.74. The highest BCUT2D eigenvalue weighted by atomic mass is 16.7. The maximum Gasteiger partial charge on any atom is 0.349 e. The zero-order valence-corrected chi connectivity index (χ0v) is 16.5. The standard InChI is InChI=1S/C17H18N2O12/c1-8(20)28-14-7-27-17(16(30-10(3)22)15(14)29-9(2)21)31-11-4-5-12(18(23)24)13(6-11)19(25)26/h4-6,14-17H,7H2,1-3H3/t14-,15+,16+,17-/m1/s1. The van der Waals surface area contributed by atoms with Gasteiger partial charge >= 0.3 is 29.3 Å². The van der Waals surface area contributed by atoms with E-state index in [1.807, 2.05) is 0 Å². The molecular weight excluding hydrogens is 424 g/mol. The summed E-state index contributed by atoms with van der Waals surface area (Å²) in [4.78, 5) is 54.7. The lowest BCUT2D eigenvalue weighted by molar-refractivity contribution is -0.422. The molecule has 0 spiro atoms. The van der Waals surface area contributed by atoms with Crippen molar-refractivity contribution in [1.82, 2.24) is 0 Å². The minimum absolute atomic E-state index is 0.216. The molecule has 14 nitrogen and oxygen atoms in total. The number of benzene rings is 1. The molecule has 14 heteroatoms. The van der Waals surface area contributed by atoms with Crippen molar-refractivity contribution in [3.05, 3.63) is 38.4 Å². The van der Waals surface area contributed by atoms with Crippen LogP contribution in [-0.2, 0) is 33.3 Å². The summed E-state index contributed by atoms with van der Waals surface area (Å²) in [7, 11) is 0. The lowest BCUT2D eigenvalue weighted by Gasteiger charge is -2.40. The molecule has 168 valence electrons. The van der Waals surface area contributed by atoms with Gasteiger partial charge in [0.1, 0.15) is 5.75 Å². The monoisotopic (exact) mass is 442 g/mol. The van der Waals surface area contributed by atoms with Gasteiger partial charge in [-0.15, -0.1) is 0 Å². The molecule has 1 saturated heterocycles. The van der Waals surface area contributed by atoms with E-state index in [2.05, 4.69) is 0 Å². The Hall–Kier alpha value is -3.81. The van der Waals surface area contributed by atoms with Crippen LogP contribution in [0.3, 0.4) is 0 Å². The Kier molecular flexibility index (Phi) is 7.42. The van der Waals surface area contributed by atoms with Gasteiger partial charge in [0, 0.05) is 26.8 Å². The van der Waals surface area contributed by atoms with E-state index in [4.69, 9.17) is 23.7 Å². The van der Waals surface area contributed by atoms with Crippen molar-refractivity contribution in [3.8, 4) is 5.75 Å². The molecule has 0 radical (unpaired) electrons. The van der Waals surface area contributed by atoms with Crippen LogP contribution in [0, 0.1) is 20.2 Å². The summed E-state index contributed by atoms with van der Waals surface area (Å²) in [5.74, 6) is -2.51. The Morgan fingerprint density at radius 2 is 1.45 bits per heavy atom. The number of rotatable bonds is 7. The average Bonchev–Trinajstić information content (AvgIpc) is 2.65. The van der Waals surface area contributed by atoms with Gasteiger partial charge in [-0.1, -0.05) is 0 Å². The summed E-state index contributed by atoms with van der Waals surface area (Å²) in [5.41, 5.74) is -1.59. The molecule has 0 saturated carbocycles. The summed E-state index contributed by atoms with van der Waals surface area (Å²) < 4.78 is 26.3. The number of carbonyl (C=O) groups is 3. The zero-order valence-electron chi connectivity index (χ0n) is 16.5. The van der Waals surface area contributed by atoms with Crippen molar-refractivity contribution < 1.29 is 47.9 Å². The molecule has 0 aromatic heterocycles. The number of hydrogen-bond acceptors (Lipinski definition) is 12. The first-order valence-electron chi connectivity index (χ1n) is 8.72. The third-order valence-corrected chi connectivity index (χ3v) is 3.90. The molecule has 4 atom stereocenters. The zero-order chi connectivity index (χ0) is 23.3. The van der Waals surface area contributed by atoms with Gasteiger partial charge in [0.05, 0.1) is 22.5 Å². The van der Waals surface area contributed by atoms with E-state index in [0.29, 0.717) is 0 Å². The Labute approximate surface area is 174 Å². The molecule has 0 aliphatic carbocycles.